The van der Waals surface area contributed by atoms with Crippen molar-refractivity contribution in [3.05, 3.63) is 48.0 Å². The Labute approximate surface area is 119 Å². The Bertz CT molecular complexity index is 510. The number of amides is 1. The minimum atomic E-state index is -0.985. The first kappa shape index (κ1) is 15.8. The van der Waals surface area contributed by atoms with Crippen LogP contribution < -0.4 is 0 Å². The number of nitriles is 1. The molecular formula is C16H20N2O2. The van der Waals surface area contributed by atoms with Crippen molar-refractivity contribution in [2.24, 2.45) is 0 Å². The molecule has 1 atom stereocenters. The van der Waals surface area contributed by atoms with E-state index < -0.39 is 11.6 Å². The first-order valence-electron chi connectivity index (χ1n) is 6.48. The number of carbonyl (C=O) groups is 1. The first-order valence-corrected chi connectivity index (χ1v) is 6.48. The van der Waals surface area contributed by atoms with Crippen LogP contribution in [0.1, 0.15) is 26.3 Å². The molecule has 0 unspecified atom stereocenters. The van der Waals surface area contributed by atoms with Crippen LogP contribution in [0.3, 0.4) is 0 Å². The Balaban J connectivity index is 3.08. The van der Waals surface area contributed by atoms with E-state index >= 15 is 0 Å². The van der Waals surface area contributed by atoms with Gasteiger partial charge in [-0.1, -0.05) is 36.4 Å². The molecule has 0 aromatic heterocycles. The average molecular weight is 272 g/mol. The van der Waals surface area contributed by atoms with E-state index in [2.05, 4.69) is 0 Å². The van der Waals surface area contributed by atoms with Gasteiger partial charge in [0.15, 0.2) is 0 Å². The molecule has 1 N–H and O–H groups in total. The monoisotopic (exact) mass is 272 g/mol. The lowest BCUT2D eigenvalue weighted by Crippen LogP contribution is -2.51. The highest BCUT2D eigenvalue weighted by atomic mass is 16.4. The zero-order valence-corrected chi connectivity index (χ0v) is 12.1. The molecule has 0 saturated heterocycles. The lowest BCUT2D eigenvalue weighted by molar-refractivity contribution is 0.0832. The van der Waals surface area contributed by atoms with Crippen LogP contribution >= 0.6 is 0 Å². The summed E-state index contributed by atoms with van der Waals surface area (Å²) in [5.74, 6) is 0. The number of benzene rings is 1. The van der Waals surface area contributed by atoms with Gasteiger partial charge >= 0.3 is 6.09 Å². The van der Waals surface area contributed by atoms with Crippen molar-refractivity contribution >= 4 is 6.09 Å². The molecule has 0 aliphatic heterocycles. The summed E-state index contributed by atoms with van der Waals surface area (Å²) in [5.41, 5.74) is 0.501. The fourth-order valence-electron chi connectivity index (χ4n) is 2.18. The van der Waals surface area contributed by atoms with Crippen LogP contribution in [0.25, 0.3) is 0 Å². The van der Waals surface area contributed by atoms with Gasteiger partial charge in [0.1, 0.15) is 0 Å². The van der Waals surface area contributed by atoms with Crippen molar-refractivity contribution in [2.45, 2.75) is 38.8 Å². The SMILES string of the molecule is CC(C)(C)N(C(=O)O)[C@@H](/C=C/C#N)Cc1ccccc1. The van der Waals surface area contributed by atoms with Gasteiger partial charge in [0.05, 0.1) is 12.1 Å². The van der Waals surface area contributed by atoms with Crippen LogP contribution in [-0.4, -0.2) is 27.7 Å². The number of allylic oxidation sites excluding steroid dienone is 1. The summed E-state index contributed by atoms with van der Waals surface area (Å²) in [6.45, 7) is 5.54. The summed E-state index contributed by atoms with van der Waals surface area (Å²) in [4.78, 5) is 12.9. The summed E-state index contributed by atoms with van der Waals surface area (Å²) in [6, 6.07) is 11.2. The normalized spacial score (nSPS) is 12.9. The highest BCUT2D eigenvalue weighted by Gasteiger charge is 2.31. The average Bonchev–Trinajstić information content (AvgIpc) is 2.35. The minimum absolute atomic E-state index is 0.366. The molecule has 4 heteroatoms. The van der Waals surface area contributed by atoms with E-state index in [9.17, 15) is 9.90 Å². The highest BCUT2D eigenvalue weighted by molar-refractivity contribution is 5.67. The molecule has 20 heavy (non-hydrogen) atoms. The Kier molecular flexibility index (Phi) is 5.33. The fourth-order valence-corrected chi connectivity index (χ4v) is 2.18. The van der Waals surface area contributed by atoms with Gasteiger partial charge in [-0.2, -0.15) is 5.26 Å². The molecule has 0 heterocycles. The first-order chi connectivity index (χ1) is 9.36. The molecule has 0 spiro atoms. The number of hydrogen-bond acceptors (Lipinski definition) is 2. The van der Waals surface area contributed by atoms with Crippen molar-refractivity contribution in [1.82, 2.24) is 4.90 Å². The number of carboxylic acid groups (broad SMARTS) is 1. The van der Waals surface area contributed by atoms with Gasteiger partial charge in [0, 0.05) is 11.6 Å². The van der Waals surface area contributed by atoms with Gasteiger partial charge in [0.2, 0.25) is 0 Å². The van der Waals surface area contributed by atoms with Crippen LogP contribution in [0, 0.1) is 11.3 Å². The third-order valence-electron chi connectivity index (χ3n) is 2.94. The van der Waals surface area contributed by atoms with Gasteiger partial charge < -0.3 is 5.11 Å². The van der Waals surface area contributed by atoms with E-state index in [-0.39, 0.29) is 6.04 Å². The van der Waals surface area contributed by atoms with E-state index in [0.717, 1.165) is 5.56 Å². The summed E-state index contributed by atoms with van der Waals surface area (Å²) in [6.07, 6.45) is 2.55. The Morgan fingerprint density at radius 3 is 2.45 bits per heavy atom. The van der Waals surface area contributed by atoms with Crippen molar-refractivity contribution in [3.8, 4) is 6.07 Å². The third-order valence-corrected chi connectivity index (χ3v) is 2.94. The molecule has 0 aliphatic carbocycles. The number of nitrogens with zero attached hydrogens (tertiary/aromatic N) is 2. The van der Waals surface area contributed by atoms with Gasteiger partial charge in [-0.05, 0) is 32.8 Å². The summed E-state index contributed by atoms with van der Waals surface area (Å²) in [5, 5.41) is 18.2. The molecule has 0 aliphatic rings. The second kappa shape index (κ2) is 6.76. The van der Waals surface area contributed by atoms with E-state index in [4.69, 9.17) is 5.26 Å². The smallest absolute Gasteiger partial charge is 0.408 e. The predicted octanol–water partition coefficient (Wildman–Crippen LogP) is 3.46. The summed E-state index contributed by atoms with van der Waals surface area (Å²) < 4.78 is 0. The molecule has 0 fully saturated rings. The highest BCUT2D eigenvalue weighted by Crippen LogP contribution is 2.21. The van der Waals surface area contributed by atoms with Crippen molar-refractivity contribution in [2.75, 3.05) is 0 Å². The maximum Gasteiger partial charge on any atom is 0.408 e. The maximum absolute atomic E-state index is 11.6. The maximum atomic E-state index is 11.6. The number of hydrogen-bond donors (Lipinski definition) is 1. The third kappa shape index (κ3) is 4.43. The van der Waals surface area contributed by atoms with Gasteiger partial charge in [-0.15, -0.1) is 0 Å². The Hall–Kier alpha value is -2.28. The predicted molar refractivity (Wildman–Crippen MR) is 78.3 cm³/mol. The lowest BCUT2D eigenvalue weighted by atomic mass is 9.98. The quantitative estimate of drug-likeness (QED) is 0.854. The second-order valence-electron chi connectivity index (χ2n) is 5.57. The van der Waals surface area contributed by atoms with Gasteiger partial charge in [-0.25, -0.2) is 4.79 Å². The summed E-state index contributed by atoms with van der Waals surface area (Å²) in [7, 11) is 0. The van der Waals surface area contributed by atoms with E-state index in [1.54, 1.807) is 6.08 Å². The van der Waals surface area contributed by atoms with Crippen LogP contribution in [0.2, 0.25) is 0 Å². The van der Waals surface area contributed by atoms with Crippen LogP contribution in [0.4, 0.5) is 4.79 Å². The standard InChI is InChI=1S/C16H20N2O2/c1-16(2,3)18(15(19)20)14(10-7-11-17)12-13-8-5-4-6-9-13/h4-10,14H,12H2,1-3H3,(H,19,20)/b10-7+/t14-/m0/s1. The molecule has 1 aromatic rings. The van der Waals surface area contributed by atoms with Crippen molar-refractivity contribution < 1.29 is 9.90 Å². The van der Waals surface area contributed by atoms with Crippen LogP contribution in [0.15, 0.2) is 42.5 Å². The minimum Gasteiger partial charge on any atom is -0.465 e. The molecular weight excluding hydrogens is 252 g/mol. The Morgan fingerprint density at radius 2 is 2.00 bits per heavy atom. The molecule has 4 nitrogen and oxygen atoms in total. The molecule has 1 rings (SSSR count). The number of rotatable bonds is 4. The van der Waals surface area contributed by atoms with Crippen LogP contribution in [0.5, 0.6) is 0 Å². The summed E-state index contributed by atoms with van der Waals surface area (Å²) >= 11 is 0. The molecule has 0 radical (unpaired) electrons. The largest absolute Gasteiger partial charge is 0.465 e. The zero-order chi connectivity index (χ0) is 15.2. The van der Waals surface area contributed by atoms with Crippen molar-refractivity contribution in [3.63, 3.8) is 0 Å². The van der Waals surface area contributed by atoms with Gasteiger partial charge in [-0.3, -0.25) is 4.90 Å². The van der Waals surface area contributed by atoms with Gasteiger partial charge in [0.25, 0.3) is 0 Å². The molecule has 1 amide bonds. The molecule has 0 bridgehead atoms. The van der Waals surface area contributed by atoms with E-state index in [1.807, 2.05) is 57.2 Å². The Morgan fingerprint density at radius 1 is 1.40 bits per heavy atom. The van der Waals surface area contributed by atoms with Crippen LogP contribution in [-0.2, 0) is 6.42 Å². The molecule has 106 valence electrons. The van der Waals surface area contributed by atoms with E-state index in [0.29, 0.717) is 6.42 Å². The second-order valence-corrected chi connectivity index (χ2v) is 5.57. The topological polar surface area (TPSA) is 64.3 Å². The van der Waals surface area contributed by atoms with Crippen molar-refractivity contribution in [1.29, 1.82) is 5.26 Å². The molecule has 0 saturated carbocycles. The zero-order valence-electron chi connectivity index (χ0n) is 12.1. The lowest BCUT2D eigenvalue weighted by Gasteiger charge is -2.38. The fraction of sp³-hybridized carbons (Fsp3) is 0.375. The van der Waals surface area contributed by atoms with E-state index in [1.165, 1.54) is 11.0 Å². The molecule has 1 aromatic carbocycles.